The fourth-order valence-corrected chi connectivity index (χ4v) is 1.65. The maximum absolute atomic E-state index is 13.5. The van der Waals surface area contributed by atoms with E-state index < -0.39 is 35.1 Å². The predicted octanol–water partition coefficient (Wildman–Crippen LogP) is 2.16. The minimum absolute atomic E-state index is 0.206. The number of alkyl halides is 3. The minimum atomic E-state index is -4.70. The molecule has 0 spiro atoms. The normalized spacial score (nSPS) is 11.2. The summed E-state index contributed by atoms with van der Waals surface area (Å²) >= 11 is 0. The number of aryl methyl sites for hydroxylation is 1. The number of nitrogens with zero attached hydrogens (tertiary/aromatic N) is 2. The molecule has 23 heavy (non-hydrogen) atoms. The van der Waals surface area contributed by atoms with Gasteiger partial charge in [-0.15, -0.1) is 0 Å². The zero-order chi connectivity index (χ0) is 17.2. The third kappa shape index (κ3) is 4.05. The lowest BCUT2D eigenvalue weighted by atomic mass is 10.2. The van der Waals surface area contributed by atoms with E-state index >= 15 is 0 Å². The average Bonchev–Trinajstić information content (AvgIpc) is 2.85. The summed E-state index contributed by atoms with van der Waals surface area (Å²) in [5, 5.41) is 7.72. The first kappa shape index (κ1) is 16.5. The van der Waals surface area contributed by atoms with E-state index in [9.17, 15) is 27.2 Å². The van der Waals surface area contributed by atoms with Crippen molar-refractivity contribution in [1.82, 2.24) is 9.78 Å². The van der Waals surface area contributed by atoms with Gasteiger partial charge in [-0.3, -0.25) is 14.3 Å². The molecule has 1 aromatic heterocycles. The second kappa shape index (κ2) is 6.07. The first-order chi connectivity index (χ1) is 10.7. The van der Waals surface area contributed by atoms with Crippen LogP contribution in [-0.4, -0.2) is 21.6 Å². The maximum Gasteiger partial charge on any atom is 0.416 e. The molecule has 1 aromatic carbocycles. The topological polar surface area (TPSA) is 76.0 Å². The van der Waals surface area contributed by atoms with Crippen LogP contribution in [0.5, 0.6) is 0 Å². The van der Waals surface area contributed by atoms with Gasteiger partial charge in [-0.2, -0.15) is 18.3 Å². The summed E-state index contributed by atoms with van der Waals surface area (Å²) in [6.45, 7) is 0. The van der Waals surface area contributed by atoms with Crippen LogP contribution in [0.2, 0.25) is 0 Å². The lowest BCUT2D eigenvalue weighted by Crippen LogP contribution is -2.29. The highest BCUT2D eigenvalue weighted by molar-refractivity contribution is 6.43. The summed E-state index contributed by atoms with van der Waals surface area (Å²) in [5.41, 5.74) is -1.69. The fraction of sp³-hybridized carbons (Fsp3) is 0.154. The molecule has 122 valence electrons. The molecule has 2 rings (SSSR count). The van der Waals surface area contributed by atoms with Crippen LogP contribution in [0.15, 0.2) is 30.6 Å². The lowest BCUT2D eigenvalue weighted by Gasteiger charge is -2.10. The highest BCUT2D eigenvalue weighted by Crippen LogP contribution is 2.31. The Morgan fingerprint density at radius 2 is 1.83 bits per heavy atom. The summed E-state index contributed by atoms with van der Waals surface area (Å²) in [4.78, 5) is 23.3. The number of carbonyl (C=O) groups is 2. The van der Waals surface area contributed by atoms with Crippen molar-refractivity contribution in [1.29, 1.82) is 0 Å². The molecule has 0 aliphatic rings. The highest BCUT2D eigenvalue weighted by atomic mass is 19.4. The number of nitrogens with one attached hydrogen (secondary N) is 2. The summed E-state index contributed by atoms with van der Waals surface area (Å²) < 4.78 is 52.5. The summed E-state index contributed by atoms with van der Waals surface area (Å²) in [6.07, 6.45) is -2.04. The Kier molecular flexibility index (Phi) is 4.34. The quantitative estimate of drug-likeness (QED) is 0.654. The zero-order valence-corrected chi connectivity index (χ0v) is 11.6. The van der Waals surface area contributed by atoms with Gasteiger partial charge in [0.2, 0.25) is 0 Å². The second-order valence-corrected chi connectivity index (χ2v) is 4.50. The number of amides is 2. The SMILES string of the molecule is Cn1cc(NC(=O)C(=O)Nc2cc(C(F)(F)F)ccc2F)cn1. The standard InChI is InChI=1S/C13H10F4N4O2/c1-21-6-8(5-18-21)19-11(22)12(23)20-10-4-7(13(15,16)17)2-3-9(10)14/h2-6H,1H3,(H,19,22)(H,20,23). The van der Waals surface area contributed by atoms with Crippen molar-refractivity contribution in [3.63, 3.8) is 0 Å². The molecule has 2 amide bonds. The molecular formula is C13H10F4N4O2. The van der Waals surface area contributed by atoms with Crippen molar-refractivity contribution in [2.45, 2.75) is 6.18 Å². The van der Waals surface area contributed by atoms with Gasteiger partial charge in [0, 0.05) is 13.2 Å². The van der Waals surface area contributed by atoms with Gasteiger partial charge in [0.15, 0.2) is 0 Å². The summed E-state index contributed by atoms with van der Waals surface area (Å²) in [5.74, 6) is -3.58. The van der Waals surface area contributed by atoms with Crippen LogP contribution in [0.3, 0.4) is 0 Å². The van der Waals surface area contributed by atoms with E-state index in [-0.39, 0.29) is 5.69 Å². The van der Waals surface area contributed by atoms with Crippen molar-refractivity contribution in [3.8, 4) is 0 Å². The van der Waals surface area contributed by atoms with E-state index in [0.29, 0.717) is 18.2 Å². The van der Waals surface area contributed by atoms with Crippen molar-refractivity contribution in [2.24, 2.45) is 7.05 Å². The van der Waals surface area contributed by atoms with Crippen LogP contribution in [0, 0.1) is 5.82 Å². The van der Waals surface area contributed by atoms with Gasteiger partial charge in [-0.25, -0.2) is 4.39 Å². The smallest absolute Gasteiger partial charge is 0.315 e. The van der Waals surface area contributed by atoms with Gasteiger partial charge in [-0.05, 0) is 18.2 Å². The zero-order valence-electron chi connectivity index (χ0n) is 11.6. The molecule has 0 radical (unpaired) electrons. The van der Waals surface area contributed by atoms with Crippen molar-refractivity contribution < 1.29 is 27.2 Å². The second-order valence-electron chi connectivity index (χ2n) is 4.50. The number of hydrogen-bond acceptors (Lipinski definition) is 3. The highest BCUT2D eigenvalue weighted by Gasteiger charge is 2.31. The summed E-state index contributed by atoms with van der Waals surface area (Å²) in [6, 6.07) is 1.49. The van der Waals surface area contributed by atoms with E-state index in [2.05, 4.69) is 10.4 Å². The first-order valence-corrected chi connectivity index (χ1v) is 6.14. The van der Waals surface area contributed by atoms with Crippen LogP contribution < -0.4 is 10.6 Å². The number of anilines is 2. The largest absolute Gasteiger partial charge is 0.416 e. The molecule has 0 bridgehead atoms. The predicted molar refractivity (Wildman–Crippen MR) is 71.9 cm³/mol. The number of benzene rings is 1. The Morgan fingerprint density at radius 3 is 2.39 bits per heavy atom. The van der Waals surface area contributed by atoms with Gasteiger partial charge in [0.25, 0.3) is 0 Å². The molecule has 0 unspecified atom stereocenters. The number of halogens is 4. The van der Waals surface area contributed by atoms with Gasteiger partial charge < -0.3 is 10.6 Å². The third-order valence-electron chi connectivity index (χ3n) is 2.71. The molecule has 0 saturated heterocycles. The van der Waals surface area contributed by atoms with Crippen molar-refractivity contribution >= 4 is 23.2 Å². The fourth-order valence-electron chi connectivity index (χ4n) is 1.65. The molecule has 0 fully saturated rings. The molecular weight excluding hydrogens is 320 g/mol. The molecule has 0 aliphatic carbocycles. The van der Waals surface area contributed by atoms with E-state index in [0.717, 1.165) is 0 Å². The van der Waals surface area contributed by atoms with Crippen molar-refractivity contribution in [3.05, 3.63) is 42.0 Å². The van der Waals surface area contributed by atoms with E-state index in [4.69, 9.17) is 0 Å². The molecule has 2 aromatic rings. The van der Waals surface area contributed by atoms with Gasteiger partial charge in [-0.1, -0.05) is 0 Å². The molecule has 1 heterocycles. The number of aromatic nitrogens is 2. The minimum Gasteiger partial charge on any atom is -0.315 e. The van der Waals surface area contributed by atoms with Crippen LogP contribution in [-0.2, 0) is 22.8 Å². The molecule has 0 aliphatic heterocycles. The molecule has 2 N–H and O–H groups in total. The van der Waals surface area contributed by atoms with E-state index in [1.54, 1.807) is 12.4 Å². The first-order valence-electron chi connectivity index (χ1n) is 6.14. The number of rotatable bonds is 2. The van der Waals surface area contributed by atoms with E-state index in [1.165, 1.54) is 17.1 Å². The van der Waals surface area contributed by atoms with Gasteiger partial charge >= 0.3 is 18.0 Å². The van der Waals surface area contributed by atoms with Gasteiger partial charge in [0.1, 0.15) is 5.82 Å². The number of hydrogen-bond donors (Lipinski definition) is 2. The Labute approximate surface area is 127 Å². The maximum atomic E-state index is 13.5. The van der Waals surface area contributed by atoms with E-state index in [1.807, 2.05) is 0 Å². The molecule has 0 saturated carbocycles. The van der Waals surface area contributed by atoms with Crippen LogP contribution in [0.25, 0.3) is 0 Å². The van der Waals surface area contributed by atoms with Gasteiger partial charge in [0.05, 0.1) is 23.1 Å². The summed E-state index contributed by atoms with van der Waals surface area (Å²) in [7, 11) is 1.58. The molecule has 6 nitrogen and oxygen atoms in total. The lowest BCUT2D eigenvalue weighted by molar-refractivity contribution is -0.137. The third-order valence-corrected chi connectivity index (χ3v) is 2.71. The monoisotopic (exact) mass is 330 g/mol. The Balaban J connectivity index is 2.11. The number of carbonyl (C=O) groups excluding carboxylic acids is 2. The Bertz CT molecular complexity index is 755. The Morgan fingerprint density at radius 1 is 1.17 bits per heavy atom. The average molecular weight is 330 g/mol. The van der Waals surface area contributed by atoms with Crippen LogP contribution in [0.4, 0.5) is 28.9 Å². The molecule has 0 atom stereocenters. The van der Waals surface area contributed by atoms with Crippen LogP contribution in [0.1, 0.15) is 5.56 Å². The Hall–Kier alpha value is -2.91. The van der Waals surface area contributed by atoms with Crippen LogP contribution >= 0.6 is 0 Å². The van der Waals surface area contributed by atoms with Crippen molar-refractivity contribution in [2.75, 3.05) is 10.6 Å². The molecule has 10 heteroatoms.